The molecule has 3 rings (SSSR count). The van der Waals surface area contributed by atoms with Crippen LogP contribution in [0.5, 0.6) is 5.75 Å². The number of ether oxygens (including phenoxy) is 1. The first-order valence-corrected chi connectivity index (χ1v) is 10.2. The Morgan fingerprint density at radius 1 is 1.04 bits per heavy atom. The molecule has 0 fully saturated rings. The Kier molecular flexibility index (Phi) is 7.08. The lowest BCUT2D eigenvalue weighted by Crippen LogP contribution is -2.16. The highest BCUT2D eigenvalue weighted by Gasteiger charge is 2.13. The summed E-state index contributed by atoms with van der Waals surface area (Å²) < 4.78 is 11.1. The molecule has 3 aromatic rings. The van der Waals surface area contributed by atoms with Gasteiger partial charge in [0.1, 0.15) is 5.75 Å². The van der Waals surface area contributed by atoms with Crippen molar-refractivity contribution >= 4 is 23.4 Å². The van der Waals surface area contributed by atoms with E-state index in [-0.39, 0.29) is 18.3 Å². The molecule has 146 valence electrons. The Labute approximate surface area is 168 Å². The first-order chi connectivity index (χ1) is 13.7. The minimum atomic E-state index is -0.0964. The van der Waals surface area contributed by atoms with Crippen molar-refractivity contribution < 1.29 is 13.9 Å². The van der Waals surface area contributed by atoms with E-state index in [1.807, 2.05) is 48.5 Å². The number of rotatable bonds is 9. The van der Waals surface area contributed by atoms with Crippen LogP contribution >= 0.6 is 11.8 Å². The van der Waals surface area contributed by atoms with E-state index in [2.05, 4.69) is 29.4 Å². The molecule has 0 aliphatic heterocycles. The van der Waals surface area contributed by atoms with Crippen molar-refractivity contribution in [2.24, 2.45) is 0 Å². The number of benzene rings is 2. The summed E-state index contributed by atoms with van der Waals surface area (Å²) in [4.78, 5) is 12.4. The summed E-state index contributed by atoms with van der Waals surface area (Å²) in [5, 5.41) is 11.3. The molecule has 0 saturated carbocycles. The zero-order valence-electron chi connectivity index (χ0n) is 16.0. The molecule has 0 saturated heterocycles. The van der Waals surface area contributed by atoms with Gasteiger partial charge >= 0.3 is 0 Å². The number of anilines is 1. The Morgan fingerprint density at radius 2 is 1.75 bits per heavy atom. The third-order valence-corrected chi connectivity index (χ3v) is 4.96. The summed E-state index contributed by atoms with van der Waals surface area (Å²) in [5.74, 6) is 1.20. The number of aromatic nitrogens is 2. The van der Waals surface area contributed by atoms with Crippen LogP contribution in [0.3, 0.4) is 0 Å². The van der Waals surface area contributed by atoms with Crippen LogP contribution < -0.4 is 10.1 Å². The fourth-order valence-electron chi connectivity index (χ4n) is 2.72. The van der Waals surface area contributed by atoms with E-state index in [1.54, 1.807) is 0 Å². The molecule has 2 aromatic carbocycles. The molecule has 1 aromatic heterocycles. The molecule has 7 heteroatoms. The molecule has 1 amide bonds. The highest BCUT2D eigenvalue weighted by atomic mass is 32.2. The van der Waals surface area contributed by atoms with Crippen molar-refractivity contribution in [2.45, 2.75) is 38.5 Å². The molecule has 0 unspecified atom stereocenters. The van der Waals surface area contributed by atoms with Crippen molar-refractivity contribution in [2.75, 3.05) is 11.1 Å². The van der Waals surface area contributed by atoms with Crippen LogP contribution in [0.15, 0.2) is 58.2 Å². The van der Waals surface area contributed by atoms with E-state index in [9.17, 15) is 4.79 Å². The van der Waals surface area contributed by atoms with Crippen molar-refractivity contribution in [3.63, 3.8) is 0 Å². The van der Waals surface area contributed by atoms with Crippen LogP contribution in [-0.2, 0) is 24.2 Å². The van der Waals surface area contributed by atoms with Gasteiger partial charge < -0.3 is 14.5 Å². The third kappa shape index (κ3) is 5.36. The van der Waals surface area contributed by atoms with Crippen molar-refractivity contribution in [1.29, 1.82) is 0 Å². The maximum Gasteiger partial charge on any atom is 0.277 e. The molecule has 28 heavy (non-hydrogen) atoms. The summed E-state index contributed by atoms with van der Waals surface area (Å²) in [6.07, 6.45) is 1.73. The molecule has 1 heterocycles. The second kappa shape index (κ2) is 9.94. The normalized spacial score (nSPS) is 10.6. The summed E-state index contributed by atoms with van der Waals surface area (Å²) in [6.45, 7) is 4.35. The van der Waals surface area contributed by atoms with E-state index in [0.29, 0.717) is 11.1 Å². The number of nitrogens with one attached hydrogen (secondary N) is 1. The van der Waals surface area contributed by atoms with E-state index in [4.69, 9.17) is 9.15 Å². The first-order valence-electron chi connectivity index (χ1n) is 9.23. The van der Waals surface area contributed by atoms with Crippen LogP contribution in [-0.4, -0.2) is 21.9 Å². The topological polar surface area (TPSA) is 77.2 Å². The molecular weight excluding hydrogens is 374 g/mol. The Bertz CT molecular complexity index is 890. The number of carbonyl (C=O) groups excluding carboxylic acids is 1. The van der Waals surface area contributed by atoms with Gasteiger partial charge in [-0.15, -0.1) is 10.2 Å². The second-order valence-corrected chi connectivity index (χ2v) is 6.99. The highest BCUT2D eigenvalue weighted by Crippen LogP contribution is 2.24. The van der Waals surface area contributed by atoms with E-state index >= 15 is 0 Å². The minimum Gasteiger partial charge on any atom is -0.484 e. The molecular formula is C21H23N3O3S. The summed E-state index contributed by atoms with van der Waals surface area (Å²) in [7, 11) is 0. The number of amides is 1. The SMILES string of the molecule is CCc1cccc(CC)c1NC(=O)CSc1nnc(COc2ccccc2)o1. The van der Waals surface area contributed by atoms with Gasteiger partial charge in [-0.3, -0.25) is 4.79 Å². The molecule has 0 bridgehead atoms. The molecule has 0 radical (unpaired) electrons. The lowest BCUT2D eigenvalue weighted by Gasteiger charge is -2.14. The van der Waals surface area contributed by atoms with Gasteiger partial charge in [0.15, 0.2) is 6.61 Å². The van der Waals surface area contributed by atoms with Gasteiger partial charge in [-0.25, -0.2) is 0 Å². The van der Waals surface area contributed by atoms with Gasteiger partial charge in [-0.1, -0.05) is 62.0 Å². The average Bonchev–Trinajstić information content (AvgIpc) is 3.19. The smallest absolute Gasteiger partial charge is 0.277 e. The predicted molar refractivity (Wildman–Crippen MR) is 110 cm³/mol. The molecule has 6 nitrogen and oxygen atoms in total. The quantitative estimate of drug-likeness (QED) is 0.536. The number of thioether (sulfide) groups is 1. The van der Waals surface area contributed by atoms with E-state index in [1.165, 1.54) is 11.8 Å². The lowest BCUT2D eigenvalue weighted by molar-refractivity contribution is -0.113. The number of aryl methyl sites for hydroxylation is 2. The largest absolute Gasteiger partial charge is 0.484 e. The molecule has 1 N–H and O–H groups in total. The second-order valence-electron chi connectivity index (χ2n) is 6.06. The van der Waals surface area contributed by atoms with Gasteiger partial charge in [-0.05, 0) is 36.1 Å². The predicted octanol–water partition coefficient (Wildman–Crippen LogP) is 4.50. The molecule has 0 aliphatic rings. The zero-order valence-corrected chi connectivity index (χ0v) is 16.8. The maximum absolute atomic E-state index is 12.4. The standard InChI is InChI=1S/C21H23N3O3S/c1-3-15-9-8-10-16(4-2)20(15)22-18(25)14-28-21-24-23-19(27-21)13-26-17-11-6-5-7-12-17/h5-12H,3-4,13-14H2,1-2H3,(H,22,25). The van der Waals surface area contributed by atoms with Gasteiger partial charge in [0.2, 0.25) is 5.91 Å². The zero-order chi connectivity index (χ0) is 19.8. The van der Waals surface area contributed by atoms with Crippen LogP contribution in [0.4, 0.5) is 5.69 Å². The van der Waals surface area contributed by atoms with Crippen LogP contribution in [0, 0.1) is 0 Å². The van der Waals surface area contributed by atoms with Crippen molar-refractivity contribution in [1.82, 2.24) is 10.2 Å². The summed E-state index contributed by atoms with van der Waals surface area (Å²) >= 11 is 1.21. The molecule has 0 spiro atoms. The summed E-state index contributed by atoms with van der Waals surface area (Å²) in [5.41, 5.74) is 3.19. The minimum absolute atomic E-state index is 0.0964. The number of hydrogen-bond acceptors (Lipinski definition) is 6. The lowest BCUT2D eigenvalue weighted by atomic mass is 10.0. The Balaban J connectivity index is 1.52. The monoisotopic (exact) mass is 397 g/mol. The number of nitrogens with zero attached hydrogens (tertiary/aromatic N) is 2. The molecule has 0 aliphatic carbocycles. The van der Waals surface area contributed by atoms with Crippen LogP contribution in [0.25, 0.3) is 0 Å². The van der Waals surface area contributed by atoms with Crippen LogP contribution in [0.2, 0.25) is 0 Å². The van der Waals surface area contributed by atoms with Gasteiger partial charge in [0.25, 0.3) is 11.1 Å². The fourth-order valence-corrected chi connectivity index (χ4v) is 3.30. The number of carbonyl (C=O) groups is 1. The van der Waals surface area contributed by atoms with Gasteiger partial charge in [-0.2, -0.15) is 0 Å². The Hall–Kier alpha value is -2.80. The van der Waals surface area contributed by atoms with Crippen LogP contribution in [0.1, 0.15) is 30.9 Å². The maximum atomic E-state index is 12.4. The molecule has 0 atom stereocenters. The average molecular weight is 398 g/mol. The Morgan fingerprint density at radius 3 is 2.43 bits per heavy atom. The fraction of sp³-hybridized carbons (Fsp3) is 0.286. The third-order valence-electron chi connectivity index (χ3n) is 4.14. The van der Waals surface area contributed by atoms with Crippen molar-refractivity contribution in [3.05, 3.63) is 65.5 Å². The van der Waals surface area contributed by atoms with Gasteiger partial charge in [0, 0.05) is 5.69 Å². The number of hydrogen-bond donors (Lipinski definition) is 1. The highest BCUT2D eigenvalue weighted by molar-refractivity contribution is 7.99. The number of para-hydroxylation sites is 2. The van der Waals surface area contributed by atoms with E-state index < -0.39 is 0 Å². The summed E-state index contributed by atoms with van der Waals surface area (Å²) in [6, 6.07) is 15.5. The van der Waals surface area contributed by atoms with Gasteiger partial charge in [0.05, 0.1) is 5.75 Å². The van der Waals surface area contributed by atoms with Crippen molar-refractivity contribution in [3.8, 4) is 5.75 Å². The van der Waals surface area contributed by atoms with E-state index in [0.717, 1.165) is 35.4 Å². The first kappa shape index (κ1) is 19.9.